The largest absolute Gasteiger partial charge is 0.379 e. The zero-order valence-electron chi connectivity index (χ0n) is 30.1. The molecule has 0 spiro atoms. The number of likely N-dealkylation sites (tertiary alicyclic amines) is 2. The van der Waals surface area contributed by atoms with Crippen LogP contribution in [-0.4, -0.2) is 108 Å². The van der Waals surface area contributed by atoms with Crippen molar-refractivity contribution in [3.05, 3.63) is 11.6 Å². The van der Waals surface area contributed by atoms with E-state index in [0.717, 1.165) is 32.2 Å². The number of carbonyl (C=O) groups excluding carboxylic acids is 4. The zero-order chi connectivity index (χ0) is 34.1. The second-order valence-corrected chi connectivity index (χ2v) is 14.9. The number of piperidine rings is 1. The van der Waals surface area contributed by atoms with E-state index in [1.54, 1.807) is 23.8 Å². The van der Waals surface area contributed by atoms with Crippen LogP contribution in [0.2, 0.25) is 0 Å². The van der Waals surface area contributed by atoms with Crippen molar-refractivity contribution >= 4 is 23.6 Å². The van der Waals surface area contributed by atoms with Crippen LogP contribution < -0.4 is 10.6 Å². The van der Waals surface area contributed by atoms with Gasteiger partial charge in [0.1, 0.15) is 12.1 Å². The van der Waals surface area contributed by atoms with Crippen LogP contribution in [0, 0.1) is 11.3 Å². The lowest BCUT2D eigenvalue weighted by Crippen LogP contribution is -2.60. The van der Waals surface area contributed by atoms with Gasteiger partial charge in [-0.05, 0) is 84.6 Å². The summed E-state index contributed by atoms with van der Waals surface area (Å²) in [5.74, 6) is -0.590. The van der Waals surface area contributed by atoms with Crippen LogP contribution in [0.3, 0.4) is 0 Å². The second kappa shape index (κ2) is 17.5. The molecule has 2 saturated heterocycles. The normalized spacial score (nSPS) is 21.3. The first-order chi connectivity index (χ1) is 21.0. The van der Waals surface area contributed by atoms with Gasteiger partial charge in [-0.25, -0.2) is 0 Å². The Hall–Kier alpha value is -2.46. The van der Waals surface area contributed by atoms with Crippen molar-refractivity contribution in [2.75, 3.05) is 33.3 Å². The molecule has 2 aliphatic rings. The molecule has 0 aliphatic carbocycles. The second-order valence-electron chi connectivity index (χ2n) is 14.9. The third-order valence-electron chi connectivity index (χ3n) is 9.03. The van der Waals surface area contributed by atoms with E-state index in [1.807, 2.05) is 54.5 Å². The van der Waals surface area contributed by atoms with Crippen molar-refractivity contribution in [2.45, 2.75) is 144 Å². The van der Waals surface area contributed by atoms with E-state index in [9.17, 15) is 19.2 Å². The molecule has 10 nitrogen and oxygen atoms in total. The standard InChI is InChI=1S/C35H63N5O5/c1-23(2)29(22-26(7)33(43)40-20-14-17-27(40)31(41)36-18-15-21-45-25(5)6)38(11)34(44)30(35(8,9)10)37-32(42)28-16-12-13-19-39(28)24(3)4/h22-25,27-30H,12-21H2,1-11H3,(H,36,41)(H,37,42)/b26-22+/t27-,28?,29+,30+/m0/s1. The molecule has 2 rings (SSSR count). The predicted molar refractivity (Wildman–Crippen MR) is 179 cm³/mol. The number of nitrogens with zero attached hydrogens (tertiary/aromatic N) is 3. The third-order valence-corrected chi connectivity index (χ3v) is 9.03. The summed E-state index contributed by atoms with van der Waals surface area (Å²) in [7, 11) is 1.75. The number of hydrogen-bond acceptors (Lipinski definition) is 6. The SMILES string of the molecule is C/C(=C\[C@H](C(C)C)N(C)C(=O)[C@@H](NC(=O)C1CCCCN1C(C)C)C(C)(C)C)C(=O)N1CCC[C@H]1C(=O)NCCCOC(C)C. The van der Waals surface area contributed by atoms with E-state index in [4.69, 9.17) is 4.74 Å². The van der Waals surface area contributed by atoms with Gasteiger partial charge in [-0.15, -0.1) is 0 Å². The van der Waals surface area contributed by atoms with Crippen molar-refractivity contribution in [3.8, 4) is 0 Å². The van der Waals surface area contributed by atoms with Gasteiger partial charge in [0.25, 0.3) is 0 Å². The molecule has 0 aromatic heterocycles. The number of likely N-dealkylation sites (N-methyl/N-ethyl adjacent to an activating group) is 1. The van der Waals surface area contributed by atoms with Crippen LogP contribution in [0.25, 0.3) is 0 Å². The molecule has 4 atom stereocenters. The van der Waals surface area contributed by atoms with E-state index in [2.05, 4.69) is 29.4 Å². The fraction of sp³-hybridized carbons (Fsp3) is 0.829. The molecule has 4 amide bonds. The first kappa shape index (κ1) is 38.7. The number of hydrogen-bond donors (Lipinski definition) is 2. The molecule has 0 radical (unpaired) electrons. The van der Waals surface area contributed by atoms with Crippen molar-refractivity contribution in [3.63, 3.8) is 0 Å². The molecule has 0 saturated carbocycles. The highest BCUT2D eigenvalue weighted by molar-refractivity contribution is 5.97. The Bertz CT molecular complexity index is 1030. The zero-order valence-corrected chi connectivity index (χ0v) is 30.1. The van der Waals surface area contributed by atoms with Crippen LogP contribution in [-0.2, 0) is 23.9 Å². The molecule has 2 N–H and O–H groups in total. The fourth-order valence-corrected chi connectivity index (χ4v) is 6.40. The van der Waals surface area contributed by atoms with Gasteiger partial charge in [0, 0.05) is 38.4 Å². The molecule has 1 unspecified atom stereocenters. The van der Waals surface area contributed by atoms with Gasteiger partial charge in [-0.2, -0.15) is 0 Å². The average Bonchev–Trinajstić information content (AvgIpc) is 3.46. The summed E-state index contributed by atoms with van der Waals surface area (Å²) in [6.45, 7) is 22.4. The van der Waals surface area contributed by atoms with E-state index < -0.39 is 17.5 Å². The summed E-state index contributed by atoms with van der Waals surface area (Å²) in [5.41, 5.74) is -0.0182. The number of rotatable bonds is 14. The summed E-state index contributed by atoms with van der Waals surface area (Å²) < 4.78 is 5.55. The number of carbonyl (C=O) groups is 4. The number of nitrogens with one attached hydrogen (secondary N) is 2. The lowest BCUT2D eigenvalue weighted by Gasteiger charge is -2.41. The van der Waals surface area contributed by atoms with Gasteiger partial charge in [0.15, 0.2) is 0 Å². The van der Waals surface area contributed by atoms with Crippen LogP contribution >= 0.6 is 0 Å². The average molecular weight is 634 g/mol. The maximum absolute atomic E-state index is 14.1. The fourth-order valence-electron chi connectivity index (χ4n) is 6.40. The van der Waals surface area contributed by atoms with Crippen molar-refractivity contribution in [1.82, 2.24) is 25.3 Å². The third kappa shape index (κ3) is 11.1. The Morgan fingerprint density at radius 3 is 2.16 bits per heavy atom. The van der Waals surface area contributed by atoms with Gasteiger partial charge >= 0.3 is 0 Å². The summed E-state index contributed by atoms with van der Waals surface area (Å²) in [5, 5.41) is 6.10. The van der Waals surface area contributed by atoms with Crippen molar-refractivity contribution in [1.29, 1.82) is 0 Å². The molecule has 0 aromatic carbocycles. The molecule has 2 fully saturated rings. The van der Waals surface area contributed by atoms with Crippen molar-refractivity contribution < 1.29 is 23.9 Å². The molecule has 10 heteroatoms. The molecule has 0 bridgehead atoms. The minimum Gasteiger partial charge on any atom is -0.379 e. The number of amides is 4. The van der Waals surface area contributed by atoms with Crippen LogP contribution in [0.15, 0.2) is 11.6 Å². The summed E-state index contributed by atoms with van der Waals surface area (Å²) in [4.78, 5) is 59.9. The molecular formula is C35H63N5O5. The lowest BCUT2D eigenvalue weighted by atomic mass is 9.84. The van der Waals surface area contributed by atoms with Gasteiger partial charge in [0.2, 0.25) is 23.6 Å². The molecular weight excluding hydrogens is 570 g/mol. The highest BCUT2D eigenvalue weighted by atomic mass is 16.5. The van der Waals surface area contributed by atoms with E-state index >= 15 is 0 Å². The highest BCUT2D eigenvalue weighted by Gasteiger charge is 2.40. The highest BCUT2D eigenvalue weighted by Crippen LogP contribution is 2.27. The molecule has 2 heterocycles. The molecule has 45 heavy (non-hydrogen) atoms. The first-order valence-electron chi connectivity index (χ1n) is 17.2. The summed E-state index contributed by atoms with van der Waals surface area (Å²) in [6.07, 6.45) is 6.96. The van der Waals surface area contributed by atoms with Crippen molar-refractivity contribution in [2.24, 2.45) is 11.3 Å². The topological polar surface area (TPSA) is 111 Å². The molecule has 2 aliphatic heterocycles. The van der Waals surface area contributed by atoms with Gasteiger partial charge in [-0.1, -0.05) is 47.1 Å². The molecule has 258 valence electrons. The van der Waals surface area contributed by atoms with Gasteiger partial charge in [-0.3, -0.25) is 24.1 Å². The summed E-state index contributed by atoms with van der Waals surface area (Å²) in [6, 6.07) is -1.61. The van der Waals surface area contributed by atoms with Gasteiger partial charge in [0.05, 0.1) is 18.2 Å². The quantitative estimate of drug-likeness (QED) is 0.220. The Labute approximate surface area is 273 Å². The maximum Gasteiger partial charge on any atom is 0.249 e. The van der Waals surface area contributed by atoms with E-state index in [0.29, 0.717) is 38.1 Å². The van der Waals surface area contributed by atoms with Crippen LogP contribution in [0.5, 0.6) is 0 Å². The Kier molecular flexibility index (Phi) is 15.0. The molecule has 0 aromatic rings. The minimum absolute atomic E-state index is 0.0125. The Morgan fingerprint density at radius 1 is 0.933 bits per heavy atom. The van der Waals surface area contributed by atoms with Crippen LogP contribution in [0.1, 0.15) is 108 Å². The van der Waals surface area contributed by atoms with E-state index in [-0.39, 0.29) is 53.8 Å². The number of ether oxygens (including phenoxy) is 1. The Balaban J connectivity index is 2.17. The minimum atomic E-state index is -0.728. The lowest BCUT2D eigenvalue weighted by molar-refractivity contribution is -0.142. The Morgan fingerprint density at radius 2 is 1.58 bits per heavy atom. The summed E-state index contributed by atoms with van der Waals surface area (Å²) >= 11 is 0. The first-order valence-corrected chi connectivity index (χ1v) is 17.2. The smallest absolute Gasteiger partial charge is 0.249 e. The maximum atomic E-state index is 14.1. The van der Waals surface area contributed by atoms with Crippen LogP contribution in [0.4, 0.5) is 0 Å². The monoisotopic (exact) mass is 633 g/mol. The van der Waals surface area contributed by atoms with E-state index in [1.165, 1.54) is 0 Å². The van der Waals surface area contributed by atoms with Gasteiger partial charge < -0.3 is 25.2 Å². The predicted octanol–water partition coefficient (Wildman–Crippen LogP) is 4.13.